The standard InChI is InChI=1S/C23H32N2O3S/c1-16(2)21-14-20(22(26)13-19(21)5)15-24-8-10-25(11-9-24)29(27,28)23-12-17(3)6-7-18(23)4/h6-7,12-14,16,26H,8-11,15H2,1-5H3. The van der Waals surface area contributed by atoms with Gasteiger partial charge in [0.15, 0.2) is 0 Å². The molecule has 1 saturated heterocycles. The lowest BCUT2D eigenvalue weighted by Crippen LogP contribution is -2.48. The SMILES string of the molecule is Cc1ccc(C)c(S(=O)(=O)N2CCN(Cc3cc(C(C)C)c(C)cc3O)CC2)c1. The van der Waals surface area contributed by atoms with Crippen LogP contribution in [-0.4, -0.2) is 48.9 Å². The second kappa shape index (κ2) is 8.46. The van der Waals surface area contributed by atoms with E-state index in [0.717, 1.165) is 22.3 Å². The van der Waals surface area contributed by atoms with Crippen LogP contribution in [0.5, 0.6) is 5.75 Å². The highest BCUT2D eigenvalue weighted by molar-refractivity contribution is 7.89. The van der Waals surface area contributed by atoms with E-state index in [9.17, 15) is 13.5 Å². The van der Waals surface area contributed by atoms with E-state index in [2.05, 4.69) is 24.8 Å². The van der Waals surface area contributed by atoms with Crippen LogP contribution in [0.25, 0.3) is 0 Å². The predicted octanol–water partition coefficient (Wildman–Crippen LogP) is 3.95. The summed E-state index contributed by atoms with van der Waals surface area (Å²) in [6, 6.07) is 9.49. The van der Waals surface area contributed by atoms with E-state index in [0.29, 0.717) is 49.3 Å². The lowest BCUT2D eigenvalue weighted by Gasteiger charge is -2.34. The fourth-order valence-corrected chi connectivity index (χ4v) is 5.73. The van der Waals surface area contributed by atoms with E-state index < -0.39 is 10.0 Å². The topological polar surface area (TPSA) is 60.9 Å². The number of piperazine rings is 1. The lowest BCUT2D eigenvalue weighted by molar-refractivity contribution is 0.180. The smallest absolute Gasteiger partial charge is 0.243 e. The molecule has 158 valence electrons. The molecule has 1 N–H and O–H groups in total. The van der Waals surface area contributed by atoms with Crippen LogP contribution in [0.1, 0.15) is 47.6 Å². The number of aryl methyl sites for hydroxylation is 3. The van der Waals surface area contributed by atoms with Crippen LogP contribution in [0.15, 0.2) is 35.2 Å². The van der Waals surface area contributed by atoms with Gasteiger partial charge in [-0.15, -0.1) is 0 Å². The van der Waals surface area contributed by atoms with Crippen LogP contribution >= 0.6 is 0 Å². The third kappa shape index (κ3) is 4.65. The van der Waals surface area contributed by atoms with Crippen molar-refractivity contribution in [1.29, 1.82) is 0 Å². The molecule has 2 aromatic carbocycles. The Morgan fingerprint density at radius 3 is 2.24 bits per heavy atom. The first-order chi connectivity index (χ1) is 13.6. The molecule has 3 rings (SSSR count). The minimum absolute atomic E-state index is 0.317. The van der Waals surface area contributed by atoms with Crippen molar-refractivity contribution in [3.63, 3.8) is 0 Å². The molecule has 2 aromatic rings. The summed E-state index contributed by atoms with van der Waals surface area (Å²) in [7, 11) is -3.49. The maximum atomic E-state index is 13.1. The Kier molecular flexibility index (Phi) is 6.36. The largest absolute Gasteiger partial charge is 0.508 e. The lowest BCUT2D eigenvalue weighted by atomic mass is 9.95. The van der Waals surface area contributed by atoms with Gasteiger partial charge in [0, 0.05) is 38.3 Å². The number of phenolic OH excluding ortho intramolecular Hbond substituents is 1. The van der Waals surface area contributed by atoms with Gasteiger partial charge in [0.25, 0.3) is 0 Å². The third-order valence-corrected chi connectivity index (χ3v) is 7.82. The molecule has 0 radical (unpaired) electrons. The van der Waals surface area contributed by atoms with Crippen LogP contribution in [0, 0.1) is 20.8 Å². The molecular formula is C23H32N2O3S. The monoisotopic (exact) mass is 416 g/mol. The van der Waals surface area contributed by atoms with E-state index in [1.165, 1.54) is 5.56 Å². The van der Waals surface area contributed by atoms with Crippen LogP contribution in [0.2, 0.25) is 0 Å². The normalized spacial score (nSPS) is 16.5. The number of aromatic hydroxyl groups is 1. The average Bonchev–Trinajstić information content (AvgIpc) is 2.66. The minimum atomic E-state index is -3.49. The Morgan fingerprint density at radius 1 is 0.966 bits per heavy atom. The summed E-state index contributed by atoms with van der Waals surface area (Å²) in [6.45, 7) is 12.9. The second-order valence-corrected chi connectivity index (χ2v) is 10.3. The number of hydrogen-bond acceptors (Lipinski definition) is 4. The quantitative estimate of drug-likeness (QED) is 0.802. The number of benzene rings is 2. The van der Waals surface area contributed by atoms with Gasteiger partial charge in [0.1, 0.15) is 5.75 Å². The molecule has 1 aliphatic rings. The van der Waals surface area contributed by atoms with Crippen molar-refractivity contribution in [3.05, 3.63) is 58.1 Å². The van der Waals surface area contributed by atoms with E-state index >= 15 is 0 Å². The van der Waals surface area contributed by atoms with Gasteiger partial charge in [0.05, 0.1) is 4.90 Å². The number of sulfonamides is 1. The Hall–Kier alpha value is -1.89. The molecule has 0 saturated carbocycles. The summed E-state index contributed by atoms with van der Waals surface area (Å²) in [6.07, 6.45) is 0. The van der Waals surface area contributed by atoms with Crippen LogP contribution in [-0.2, 0) is 16.6 Å². The van der Waals surface area contributed by atoms with Gasteiger partial charge >= 0.3 is 0 Å². The molecule has 1 heterocycles. The number of nitrogens with zero attached hydrogens (tertiary/aromatic N) is 2. The van der Waals surface area contributed by atoms with Gasteiger partial charge in [-0.1, -0.05) is 32.0 Å². The summed E-state index contributed by atoms with van der Waals surface area (Å²) < 4.78 is 27.8. The summed E-state index contributed by atoms with van der Waals surface area (Å²) >= 11 is 0. The highest BCUT2D eigenvalue weighted by atomic mass is 32.2. The van der Waals surface area contributed by atoms with Gasteiger partial charge in [-0.25, -0.2) is 8.42 Å². The third-order valence-electron chi connectivity index (χ3n) is 5.78. The van der Waals surface area contributed by atoms with Crippen molar-refractivity contribution in [2.24, 2.45) is 0 Å². The maximum Gasteiger partial charge on any atom is 0.243 e. The van der Waals surface area contributed by atoms with Gasteiger partial charge in [-0.2, -0.15) is 4.31 Å². The maximum absolute atomic E-state index is 13.1. The Labute approximate surface area is 175 Å². The molecule has 0 amide bonds. The molecule has 0 spiro atoms. The Bertz CT molecular complexity index is 991. The summed E-state index contributed by atoms with van der Waals surface area (Å²) in [5.74, 6) is 0.714. The minimum Gasteiger partial charge on any atom is -0.508 e. The van der Waals surface area contributed by atoms with Crippen molar-refractivity contribution in [2.45, 2.75) is 52.0 Å². The first-order valence-corrected chi connectivity index (χ1v) is 11.7. The zero-order valence-corrected chi connectivity index (χ0v) is 18.9. The zero-order chi connectivity index (χ0) is 21.3. The summed E-state index contributed by atoms with van der Waals surface area (Å²) in [5, 5.41) is 10.4. The fraction of sp³-hybridized carbons (Fsp3) is 0.478. The van der Waals surface area contributed by atoms with Gasteiger partial charge in [-0.3, -0.25) is 4.90 Å². The number of rotatable bonds is 5. The first-order valence-electron chi connectivity index (χ1n) is 10.2. The Balaban J connectivity index is 1.71. The molecule has 0 atom stereocenters. The van der Waals surface area contributed by atoms with Crippen LogP contribution in [0.4, 0.5) is 0 Å². The van der Waals surface area contributed by atoms with Crippen molar-refractivity contribution in [3.8, 4) is 5.75 Å². The molecule has 0 aliphatic carbocycles. The van der Waals surface area contributed by atoms with Crippen molar-refractivity contribution >= 4 is 10.0 Å². The zero-order valence-electron chi connectivity index (χ0n) is 18.1. The predicted molar refractivity (Wildman–Crippen MR) is 117 cm³/mol. The number of hydrogen-bond donors (Lipinski definition) is 1. The van der Waals surface area contributed by atoms with E-state index in [4.69, 9.17) is 0 Å². The summed E-state index contributed by atoms with van der Waals surface area (Å²) in [5.41, 5.74) is 4.98. The second-order valence-electron chi connectivity index (χ2n) is 8.44. The van der Waals surface area contributed by atoms with Crippen molar-refractivity contribution < 1.29 is 13.5 Å². The molecule has 29 heavy (non-hydrogen) atoms. The molecule has 1 aliphatic heterocycles. The highest BCUT2D eigenvalue weighted by Gasteiger charge is 2.30. The molecule has 1 fully saturated rings. The number of phenols is 1. The van der Waals surface area contributed by atoms with Crippen molar-refractivity contribution in [2.75, 3.05) is 26.2 Å². The molecule has 6 heteroatoms. The van der Waals surface area contributed by atoms with E-state index in [1.54, 1.807) is 10.4 Å². The van der Waals surface area contributed by atoms with Gasteiger partial charge < -0.3 is 5.11 Å². The van der Waals surface area contributed by atoms with E-state index in [-0.39, 0.29) is 0 Å². The van der Waals surface area contributed by atoms with Gasteiger partial charge in [-0.05, 0) is 61.1 Å². The van der Waals surface area contributed by atoms with Gasteiger partial charge in [0.2, 0.25) is 10.0 Å². The molecule has 0 unspecified atom stereocenters. The molecule has 5 nitrogen and oxygen atoms in total. The van der Waals surface area contributed by atoms with Crippen LogP contribution in [0.3, 0.4) is 0 Å². The highest BCUT2D eigenvalue weighted by Crippen LogP contribution is 2.29. The molecule has 0 bridgehead atoms. The van der Waals surface area contributed by atoms with Crippen LogP contribution < -0.4 is 0 Å². The average molecular weight is 417 g/mol. The molecular weight excluding hydrogens is 384 g/mol. The Morgan fingerprint density at radius 2 is 1.62 bits per heavy atom. The van der Waals surface area contributed by atoms with Crippen molar-refractivity contribution in [1.82, 2.24) is 9.21 Å². The fourth-order valence-electron chi connectivity index (χ4n) is 4.00. The summed E-state index contributed by atoms with van der Waals surface area (Å²) in [4.78, 5) is 2.62. The van der Waals surface area contributed by atoms with E-state index in [1.807, 2.05) is 39.0 Å². The first kappa shape index (κ1) is 21.8. The molecule has 0 aromatic heterocycles.